The van der Waals surface area contributed by atoms with Crippen LogP contribution in [0.2, 0.25) is 15.1 Å². The van der Waals surface area contributed by atoms with Gasteiger partial charge >= 0.3 is 5.97 Å². The molecule has 6 aromatic carbocycles. The SMILES string of the molecule is CN[C@H](CC(C)C)C(=O)N[C@H]1C(=O)N[C@@H](CC(N)=O)C(=O)N[C@H]2C(=O)N[C@H]3C(=O)N[C@H](C(=O)N[C@@H](C(=O)O)c4cc(O)cc(O)c4-c4cc3ccc4O)[C@H](O[C@H]3C[C@](C)(N)[C@@H](O)[C@H](C)O3)c3ccc(c(Cl)c3)Oc3cc2cc(c3OC2O[C@H](CO)[C@@H](O[C@H]3O[C@H](CNCc4ccc(-c5ccc(Cl)cc5)nc4)[C@H](O)[C@H](O)[C@H]3O)[C@H](O)[C@H]2O)Oc2ccc(cc2Cl)[C@H]1O. The van der Waals surface area contributed by atoms with Gasteiger partial charge in [-0.3, -0.25) is 38.5 Å². The molecular formula is C84H94Cl3N11O28. The summed E-state index contributed by atoms with van der Waals surface area (Å²) >= 11 is 20.6. The van der Waals surface area contributed by atoms with E-state index in [0.29, 0.717) is 16.3 Å². The molecular weight excluding hydrogens is 1720 g/mol. The number of likely N-dealkylation sites (N-methyl/N-ethyl adjacent to an activating group) is 1. The molecule has 42 heteroatoms. The number of aromatic hydroxyl groups is 3. The number of fused-ring (bicyclic) bond motifs is 15. The van der Waals surface area contributed by atoms with E-state index >= 15 is 24.0 Å². The van der Waals surface area contributed by atoms with Crippen LogP contribution in [0.5, 0.6) is 46.0 Å². The molecule has 0 aliphatic carbocycles. The predicted octanol–water partition coefficient (Wildman–Crippen LogP) is 1.44. The number of nitrogens with zero attached hydrogens (tertiary/aromatic N) is 1. The van der Waals surface area contributed by atoms with Crippen molar-refractivity contribution in [3.8, 4) is 68.4 Å². The van der Waals surface area contributed by atoms with Crippen LogP contribution in [0.15, 0.2) is 121 Å². The molecule has 7 amide bonds. The van der Waals surface area contributed by atoms with Crippen LogP contribution in [0.3, 0.4) is 0 Å². The van der Waals surface area contributed by atoms with Crippen LogP contribution in [-0.2, 0) is 68.6 Å². The largest absolute Gasteiger partial charge is 0.508 e. The Balaban J connectivity index is 0.962. The second-order valence-corrected chi connectivity index (χ2v) is 33.3. The zero-order valence-corrected chi connectivity index (χ0v) is 70.0. The number of amides is 7. The van der Waals surface area contributed by atoms with Gasteiger partial charge in [0.2, 0.25) is 53.4 Å². The summed E-state index contributed by atoms with van der Waals surface area (Å²) < 4.78 is 51.2. The summed E-state index contributed by atoms with van der Waals surface area (Å²) in [6.07, 6.45) is -27.6. The Bertz CT molecular complexity index is 5260. The molecule has 8 aliphatic heterocycles. The third kappa shape index (κ3) is 20.3. The molecule has 3 fully saturated rings. The van der Waals surface area contributed by atoms with Crippen LogP contribution in [-0.4, -0.2) is 243 Å². The lowest BCUT2D eigenvalue weighted by Gasteiger charge is -2.46. The van der Waals surface area contributed by atoms with Gasteiger partial charge in [-0.25, -0.2) is 4.79 Å². The summed E-state index contributed by atoms with van der Waals surface area (Å²) in [5, 5.41) is 160. The molecule has 126 heavy (non-hydrogen) atoms. The first-order valence-corrected chi connectivity index (χ1v) is 41.0. The van der Waals surface area contributed by atoms with E-state index in [1.165, 1.54) is 33.0 Å². The Morgan fingerprint density at radius 1 is 0.659 bits per heavy atom. The number of phenols is 3. The monoisotopic (exact) mass is 1810 g/mol. The second-order valence-electron chi connectivity index (χ2n) is 32.0. The fraction of sp³-hybridized carbons (Fsp3) is 0.417. The van der Waals surface area contributed by atoms with Crippen LogP contribution in [0.1, 0.15) is 111 Å². The summed E-state index contributed by atoms with van der Waals surface area (Å²) in [7, 11) is 1.46. The van der Waals surface area contributed by atoms with Crippen molar-refractivity contribution in [1.82, 2.24) is 47.5 Å². The highest BCUT2D eigenvalue weighted by atomic mass is 35.5. The van der Waals surface area contributed by atoms with Crippen molar-refractivity contribution in [2.45, 2.75) is 193 Å². The van der Waals surface area contributed by atoms with Crippen molar-refractivity contribution in [2.24, 2.45) is 17.4 Å². The number of primary amides is 1. The van der Waals surface area contributed by atoms with Gasteiger partial charge in [0.25, 0.3) is 0 Å². The molecule has 0 saturated carbocycles. The van der Waals surface area contributed by atoms with Gasteiger partial charge in [-0.2, -0.15) is 0 Å². The van der Waals surface area contributed by atoms with Gasteiger partial charge in [0.1, 0.15) is 120 Å². The Hall–Kier alpha value is -10.7. The van der Waals surface area contributed by atoms with Crippen LogP contribution in [0.25, 0.3) is 22.4 Å². The average Bonchev–Trinajstić information content (AvgIpc) is 0.761. The van der Waals surface area contributed by atoms with Crippen molar-refractivity contribution in [2.75, 3.05) is 20.2 Å². The number of hydrogen-bond acceptors (Lipinski definition) is 31. The number of carboxylic acids is 1. The van der Waals surface area contributed by atoms with E-state index < -0.39 is 284 Å². The highest BCUT2D eigenvalue weighted by Gasteiger charge is 2.53. The van der Waals surface area contributed by atoms with E-state index in [9.17, 15) is 75.7 Å². The van der Waals surface area contributed by atoms with Crippen LogP contribution < -0.4 is 68.2 Å². The fourth-order valence-corrected chi connectivity index (χ4v) is 16.3. The van der Waals surface area contributed by atoms with E-state index in [-0.39, 0.29) is 43.0 Å². The molecule has 674 valence electrons. The highest BCUT2D eigenvalue weighted by molar-refractivity contribution is 6.32. The number of carbonyl (C=O) groups excluding carboxylic acids is 7. The molecule has 7 aromatic rings. The number of carboxylic acid groups (broad SMARTS) is 1. The Labute approximate surface area is 732 Å². The second kappa shape index (κ2) is 38.8. The number of aliphatic carboxylic acids is 1. The lowest BCUT2D eigenvalue weighted by Crippen LogP contribution is -2.65. The number of nitrogens with one attached hydrogen (secondary N) is 8. The molecule has 1 aromatic heterocycles. The molecule has 24 N–H and O–H groups in total. The summed E-state index contributed by atoms with van der Waals surface area (Å²) in [6.45, 7) is 5.36. The maximum absolute atomic E-state index is 16.4. The smallest absolute Gasteiger partial charge is 0.330 e. The Morgan fingerprint density at radius 3 is 1.92 bits per heavy atom. The Kier molecular flexibility index (Phi) is 28.6. The molecule has 0 radical (unpaired) electrons. The van der Waals surface area contributed by atoms with Gasteiger partial charge in [-0.1, -0.05) is 85.0 Å². The summed E-state index contributed by atoms with van der Waals surface area (Å²) in [5.41, 5.74) is 10.1. The number of rotatable bonds is 20. The summed E-state index contributed by atoms with van der Waals surface area (Å²) in [4.78, 5) is 125. The fourth-order valence-electron chi connectivity index (χ4n) is 15.7. The minimum Gasteiger partial charge on any atom is -0.508 e. The zero-order chi connectivity index (χ0) is 90.9. The minimum atomic E-state index is -2.43. The van der Waals surface area contributed by atoms with Crippen LogP contribution in [0.4, 0.5) is 0 Å². The Morgan fingerprint density at radius 2 is 1.29 bits per heavy atom. The first-order chi connectivity index (χ1) is 59.8. The van der Waals surface area contributed by atoms with Gasteiger partial charge in [-0.15, -0.1) is 0 Å². The first-order valence-electron chi connectivity index (χ1n) is 39.8. The van der Waals surface area contributed by atoms with Gasteiger partial charge in [-0.05, 0) is 134 Å². The molecule has 23 atom stereocenters. The van der Waals surface area contributed by atoms with E-state index in [0.717, 1.165) is 72.3 Å². The predicted molar refractivity (Wildman–Crippen MR) is 441 cm³/mol. The molecule has 11 bridgehead atoms. The van der Waals surface area contributed by atoms with E-state index in [1.807, 2.05) is 0 Å². The first kappa shape index (κ1) is 92.9. The average molecular weight is 1810 g/mol. The van der Waals surface area contributed by atoms with Crippen LogP contribution in [0, 0.1) is 5.92 Å². The molecule has 8 aliphatic rings. The number of pyridine rings is 1. The molecule has 39 nitrogen and oxygen atoms in total. The lowest BCUT2D eigenvalue weighted by molar-refractivity contribution is -0.350. The lowest BCUT2D eigenvalue weighted by atomic mass is 9.86. The van der Waals surface area contributed by atoms with Gasteiger partial charge in [0.05, 0.1) is 47.0 Å². The number of benzene rings is 6. The van der Waals surface area contributed by atoms with Crippen molar-refractivity contribution in [3.05, 3.63) is 170 Å². The van der Waals surface area contributed by atoms with E-state index in [1.54, 1.807) is 56.4 Å². The summed E-state index contributed by atoms with van der Waals surface area (Å²) in [6, 6.07) is 9.56. The van der Waals surface area contributed by atoms with Crippen molar-refractivity contribution >= 4 is 82.1 Å². The number of aliphatic hydroxyl groups is 8. The van der Waals surface area contributed by atoms with Crippen LogP contribution >= 0.6 is 34.8 Å². The summed E-state index contributed by atoms with van der Waals surface area (Å²) in [5.74, 6) is -16.7. The number of nitrogens with two attached hydrogens (primary N) is 2. The van der Waals surface area contributed by atoms with Gasteiger partial charge in [0, 0.05) is 64.6 Å². The highest BCUT2D eigenvalue weighted by Crippen LogP contribution is 2.50. The number of aliphatic hydroxyl groups excluding tert-OH is 8. The number of carbonyl (C=O) groups is 8. The van der Waals surface area contributed by atoms with Crippen molar-refractivity contribution in [3.63, 3.8) is 0 Å². The number of aromatic nitrogens is 1. The van der Waals surface area contributed by atoms with Crippen molar-refractivity contribution < 1.29 is 138 Å². The number of ether oxygens (including phenoxy) is 8. The molecule has 9 heterocycles. The normalized spacial score (nSPS) is 29.6. The standard InChI is InChI=1S/C84H94Cl3N11O28/c1-32(2)18-47(90-5)75(111)97-63-65(104)37-10-16-51(44(86)20-37)120-53-22-39-23-54(72(53)125-83-70(109)68(107)73(56(31-99)123-83)126-82-69(108)67(106)66(105)55(122-82)30-91-28-34-6-14-46(92-29-34)35-7-12-40(85)13-8-35)121-52-17-11-38(21-45(52)87)71(124-58-27-84(4,89)74(110)33(3)119-58)64-80(116)96-62(81(117)118)43-24-41(100)25-50(102)59(43)42-19-36(9-15-49(42)101)60(77(113)98-64)95-78(114)61(39)94-76(112)48(26-57(88)103)93-79(63)115/h6-17,19-25,29,32-33,47-48,55-56,58,60-71,73-74,82-83,90-91,99-102,104-110H,18,26-28,30-31,89H2,1-5H3,(H2,88,103)(H,93,115)(H,94,112)(H,95,114)(H,96,116)(H,97,111)(H,98,113)(H,117,118)/t33-,47+,48-,55+,56+,58-,60+,61+,62+,63+,64-,65+,66-,67-,68+,69+,70+,71+,73+,74-,82+,83?,84-/m0/s1. The third-order valence-corrected chi connectivity index (χ3v) is 23.2. The number of hydrogen-bond donors (Lipinski definition) is 22. The van der Waals surface area contributed by atoms with Crippen molar-refractivity contribution in [1.29, 1.82) is 0 Å². The quantitative estimate of drug-likeness (QED) is 0.0513. The van der Waals surface area contributed by atoms with Gasteiger partial charge < -0.3 is 153 Å². The number of halogens is 3. The van der Waals surface area contributed by atoms with Gasteiger partial charge in [0.15, 0.2) is 30.1 Å². The molecule has 3 saturated heterocycles. The topological polar surface area (TPSA) is 614 Å². The maximum atomic E-state index is 16.4. The molecule has 0 spiro atoms. The zero-order valence-electron chi connectivity index (χ0n) is 67.7. The number of phenolic OH excluding ortho intramolecular Hbond substituents is 3. The minimum absolute atomic E-state index is 0.131. The third-order valence-electron chi connectivity index (χ3n) is 22.3. The van der Waals surface area contributed by atoms with E-state index in [2.05, 4.69) is 47.5 Å². The molecule has 15 rings (SSSR count). The molecule has 1 unspecified atom stereocenters. The maximum Gasteiger partial charge on any atom is 0.330 e. The van der Waals surface area contributed by atoms with E-state index in [4.69, 9.17) is 84.2 Å².